The van der Waals surface area contributed by atoms with E-state index in [1.807, 2.05) is 6.07 Å². The van der Waals surface area contributed by atoms with Crippen molar-refractivity contribution in [2.24, 2.45) is 5.92 Å². The monoisotopic (exact) mass is 578 g/mol. The summed E-state index contributed by atoms with van der Waals surface area (Å²) in [6.45, 7) is 6.11. The maximum atomic E-state index is 12.4. The Kier molecular flexibility index (Phi) is 11.3. The number of hydrogen-bond donors (Lipinski definition) is 4. The van der Waals surface area contributed by atoms with Gasteiger partial charge < -0.3 is 43.8 Å². The number of rotatable bonds is 13. The maximum absolute atomic E-state index is 12.4. The zero-order valence-corrected chi connectivity index (χ0v) is 24.4. The van der Waals surface area contributed by atoms with Crippen LogP contribution in [0.25, 0.3) is 11.0 Å². The number of aliphatic hydroxyl groups is 4. The van der Waals surface area contributed by atoms with Crippen molar-refractivity contribution in [3.05, 3.63) is 23.5 Å². The summed E-state index contributed by atoms with van der Waals surface area (Å²) in [6, 6.07) is 1.95. The van der Waals surface area contributed by atoms with E-state index in [1.165, 1.54) is 6.42 Å². The lowest BCUT2D eigenvalue weighted by atomic mass is 9.83. The van der Waals surface area contributed by atoms with Gasteiger partial charge in [0.05, 0.1) is 26.1 Å². The average molecular weight is 579 g/mol. The fraction of sp³-hybridized carbons (Fsp3) is 0.710. The molecule has 0 amide bonds. The Balaban J connectivity index is 1.77. The first-order valence-electron chi connectivity index (χ1n) is 15.1. The molecule has 10 nitrogen and oxygen atoms in total. The third-order valence-electron chi connectivity index (χ3n) is 8.09. The predicted molar refractivity (Wildman–Crippen MR) is 151 cm³/mol. The van der Waals surface area contributed by atoms with Crippen molar-refractivity contribution < 1.29 is 48.6 Å². The number of carbonyl (C=O) groups is 1. The number of fused-ring (bicyclic) bond motifs is 1. The lowest BCUT2D eigenvalue weighted by Gasteiger charge is -2.39. The minimum absolute atomic E-state index is 0.0911. The van der Waals surface area contributed by atoms with Crippen LogP contribution in [0.3, 0.4) is 0 Å². The van der Waals surface area contributed by atoms with Crippen molar-refractivity contribution in [2.75, 3.05) is 19.8 Å². The van der Waals surface area contributed by atoms with Crippen LogP contribution in [-0.4, -0.2) is 76.9 Å². The SMILES string of the molecule is CCOC(=O)CCc1cc2c(C3CCCCC3)coc2c(OCCCC(C)C)c1OC1OC(CO)C(O)C(O)C1O. The van der Waals surface area contributed by atoms with E-state index in [1.54, 1.807) is 13.2 Å². The Bertz CT molecular complexity index is 1120. The van der Waals surface area contributed by atoms with Gasteiger partial charge in [-0.25, -0.2) is 0 Å². The van der Waals surface area contributed by atoms with E-state index in [2.05, 4.69) is 13.8 Å². The van der Waals surface area contributed by atoms with E-state index >= 15 is 0 Å². The van der Waals surface area contributed by atoms with Gasteiger partial charge in [-0.1, -0.05) is 33.1 Å². The normalized spacial score (nSPS) is 25.5. The topological polar surface area (TPSA) is 148 Å². The molecule has 1 aliphatic heterocycles. The molecule has 5 atom stereocenters. The maximum Gasteiger partial charge on any atom is 0.306 e. The summed E-state index contributed by atoms with van der Waals surface area (Å²) >= 11 is 0. The van der Waals surface area contributed by atoms with E-state index in [4.69, 9.17) is 23.4 Å². The number of carbonyl (C=O) groups excluding carboxylic acids is 1. The molecule has 4 rings (SSSR count). The van der Waals surface area contributed by atoms with Crippen LogP contribution in [0.2, 0.25) is 0 Å². The summed E-state index contributed by atoms with van der Waals surface area (Å²) in [7, 11) is 0. The number of aliphatic hydroxyl groups excluding tert-OH is 4. The lowest BCUT2D eigenvalue weighted by Crippen LogP contribution is -2.60. The van der Waals surface area contributed by atoms with Crippen LogP contribution in [0.5, 0.6) is 11.5 Å². The van der Waals surface area contributed by atoms with Gasteiger partial charge in [-0.2, -0.15) is 0 Å². The fourth-order valence-corrected chi connectivity index (χ4v) is 5.79. The third-order valence-corrected chi connectivity index (χ3v) is 8.09. The highest BCUT2D eigenvalue weighted by molar-refractivity contribution is 5.90. The van der Waals surface area contributed by atoms with Crippen LogP contribution in [0.15, 0.2) is 16.7 Å². The van der Waals surface area contributed by atoms with Gasteiger partial charge in [0.25, 0.3) is 0 Å². The highest BCUT2D eigenvalue weighted by Gasteiger charge is 2.45. The summed E-state index contributed by atoms with van der Waals surface area (Å²) in [5, 5.41) is 42.0. The second-order valence-corrected chi connectivity index (χ2v) is 11.6. The van der Waals surface area contributed by atoms with Crippen LogP contribution in [-0.2, 0) is 20.7 Å². The molecule has 2 heterocycles. The Morgan fingerprint density at radius 3 is 2.51 bits per heavy atom. The van der Waals surface area contributed by atoms with E-state index < -0.39 is 37.3 Å². The van der Waals surface area contributed by atoms with Gasteiger partial charge >= 0.3 is 5.97 Å². The summed E-state index contributed by atoms with van der Waals surface area (Å²) in [6.07, 6.45) is 2.28. The number of aryl methyl sites for hydroxylation is 1. The van der Waals surface area contributed by atoms with E-state index in [0.717, 1.165) is 49.5 Å². The van der Waals surface area contributed by atoms with Gasteiger partial charge in [0, 0.05) is 17.4 Å². The fourth-order valence-electron chi connectivity index (χ4n) is 5.79. The molecule has 5 unspecified atom stereocenters. The molecule has 1 aromatic carbocycles. The zero-order valence-electron chi connectivity index (χ0n) is 24.4. The number of ether oxygens (including phenoxy) is 4. The molecule has 0 bridgehead atoms. The van der Waals surface area contributed by atoms with Crippen LogP contribution >= 0.6 is 0 Å². The molecule has 1 saturated heterocycles. The van der Waals surface area contributed by atoms with Crippen molar-refractivity contribution in [3.8, 4) is 11.5 Å². The minimum Gasteiger partial charge on any atom is -0.486 e. The molecule has 2 aliphatic rings. The van der Waals surface area contributed by atoms with Gasteiger partial charge in [0.1, 0.15) is 24.4 Å². The van der Waals surface area contributed by atoms with Crippen LogP contribution in [0.4, 0.5) is 0 Å². The summed E-state index contributed by atoms with van der Waals surface area (Å²) < 4.78 is 29.5. The molecule has 0 spiro atoms. The molecule has 2 aromatic rings. The Labute approximate surface area is 241 Å². The molecule has 2 fully saturated rings. The molecule has 1 aromatic heterocycles. The molecular weight excluding hydrogens is 532 g/mol. The summed E-state index contributed by atoms with van der Waals surface area (Å²) in [5.41, 5.74) is 2.25. The Morgan fingerprint density at radius 1 is 1.07 bits per heavy atom. The highest BCUT2D eigenvalue weighted by Crippen LogP contribution is 2.46. The number of esters is 1. The smallest absolute Gasteiger partial charge is 0.306 e. The first kappa shape index (κ1) is 31.6. The number of hydrogen-bond acceptors (Lipinski definition) is 10. The summed E-state index contributed by atoms with van der Waals surface area (Å²) in [4.78, 5) is 12.4. The molecule has 41 heavy (non-hydrogen) atoms. The van der Waals surface area contributed by atoms with Crippen LogP contribution in [0.1, 0.15) is 89.2 Å². The third kappa shape index (κ3) is 7.53. The Morgan fingerprint density at radius 2 is 1.83 bits per heavy atom. The zero-order chi connectivity index (χ0) is 29.5. The molecule has 4 N–H and O–H groups in total. The second kappa shape index (κ2) is 14.7. The van der Waals surface area contributed by atoms with Gasteiger partial charge in [-0.15, -0.1) is 0 Å². The van der Waals surface area contributed by atoms with Crippen molar-refractivity contribution in [1.82, 2.24) is 0 Å². The van der Waals surface area contributed by atoms with Crippen molar-refractivity contribution in [3.63, 3.8) is 0 Å². The van der Waals surface area contributed by atoms with Gasteiger partial charge in [0.15, 0.2) is 11.3 Å². The van der Waals surface area contributed by atoms with Gasteiger partial charge in [-0.3, -0.25) is 4.79 Å². The Hall–Kier alpha value is -2.37. The van der Waals surface area contributed by atoms with Gasteiger partial charge in [0.2, 0.25) is 12.0 Å². The molecule has 0 radical (unpaired) electrons. The first-order chi connectivity index (χ1) is 19.7. The van der Waals surface area contributed by atoms with Crippen LogP contribution < -0.4 is 9.47 Å². The molecule has 1 aliphatic carbocycles. The number of benzene rings is 1. The quantitative estimate of drug-likeness (QED) is 0.203. The average Bonchev–Trinajstić information content (AvgIpc) is 3.39. The standard InChI is InChI=1S/C31H46O10/c1-4-37-24(33)13-12-20-15-21-22(19-10-6-5-7-11-19)17-39-29(21)30(38-14-8-9-18(2)3)28(20)41-31-27(36)26(35)25(34)23(16-32)40-31/h15,17-19,23,25-27,31-32,34-36H,4-14,16H2,1-3H3. The summed E-state index contributed by atoms with van der Waals surface area (Å²) in [5.74, 6) is 1.06. The molecule has 230 valence electrons. The molecular formula is C31H46O10. The predicted octanol–water partition coefficient (Wildman–Crippen LogP) is 3.97. The van der Waals surface area contributed by atoms with Gasteiger partial charge in [-0.05, 0) is 62.5 Å². The molecule has 1 saturated carbocycles. The van der Waals surface area contributed by atoms with Crippen LogP contribution in [0, 0.1) is 5.92 Å². The highest BCUT2D eigenvalue weighted by atomic mass is 16.7. The van der Waals surface area contributed by atoms with Crippen molar-refractivity contribution in [2.45, 2.75) is 115 Å². The van der Waals surface area contributed by atoms with E-state index in [-0.39, 0.29) is 31.2 Å². The minimum atomic E-state index is -1.61. The van der Waals surface area contributed by atoms with E-state index in [9.17, 15) is 25.2 Å². The molecule has 10 heteroatoms. The second-order valence-electron chi connectivity index (χ2n) is 11.6. The van der Waals surface area contributed by atoms with E-state index in [0.29, 0.717) is 35.3 Å². The largest absolute Gasteiger partial charge is 0.486 e. The van der Waals surface area contributed by atoms with Crippen molar-refractivity contribution in [1.29, 1.82) is 0 Å². The first-order valence-corrected chi connectivity index (χ1v) is 15.1. The van der Waals surface area contributed by atoms with Crippen molar-refractivity contribution >= 4 is 16.9 Å². The lowest BCUT2D eigenvalue weighted by molar-refractivity contribution is -0.277. The number of furan rings is 1.